The lowest BCUT2D eigenvalue weighted by atomic mass is 10.1. The maximum Gasteiger partial charge on any atom is 0.534 e. The topological polar surface area (TPSA) is 43.4 Å². The Morgan fingerprint density at radius 1 is 1.17 bits per heavy atom. The zero-order valence-electron chi connectivity index (χ0n) is 9.72. The van der Waals surface area contributed by atoms with E-state index in [1.54, 1.807) is 6.92 Å². The van der Waals surface area contributed by atoms with E-state index in [4.69, 9.17) is 0 Å². The number of aryl methyl sites for hydroxylation is 1. The third kappa shape index (κ3) is 2.80. The standard InChI is InChI=1S/C10H10BrF3O3S/c1-5-4-8(11)6(2)7(3)9(5)17-18(15,16)10(12,13)14/h4H,1-3H3. The molecule has 0 aliphatic rings. The Kier molecular flexibility index (Phi) is 4.02. The van der Waals surface area contributed by atoms with Crippen LogP contribution in [0.1, 0.15) is 16.7 Å². The van der Waals surface area contributed by atoms with Crippen LogP contribution in [0.5, 0.6) is 5.75 Å². The molecule has 1 aromatic carbocycles. The maximum absolute atomic E-state index is 12.2. The number of halogens is 4. The molecule has 0 unspecified atom stereocenters. The van der Waals surface area contributed by atoms with Gasteiger partial charge in [0.25, 0.3) is 0 Å². The monoisotopic (exact) mass is 346 g/mol. The highest BCUT2D eigenvalue weighted by molar-refractivity contribution is 9.10. The Morgan fingerprint density at radius 3 is 2.11 bits per heavy atom. The fourth-order valence-corrected chi connectivity index (χ4v) is 2.51. The summed E-state index contributed by atoms with van der Waals surface area (Å²) < 4.78 is 63.5. The maximum atomic E-state index is 12.2. The van der Waals surface area contributed by atoms with E-state index in [1.165, 1.54) is 19.9 Å². The van der Waals surface area contributed by atoms with Crippen molar-refractivity contribution in [3.63, 3.8) is 0 Å². The first-order valence-electron chi connectivity index (χ1n) is 4.74. The molecule has 102 valence electrons. The normalized spacial score (nSPS) is 12.6. The third-order valence-corrected chi connectivity index (χ3v) is 4.22. The molecule has 0 atom stereocenters. The number of benzene rings is 1. The van der Waals surface area contributed by atoms with Crippen molar-refractivity contribution < 1.29 is 25.8 Å². The van der Waals surface area contributed by atoms with Gasteiger partial charge in [0.05, 0.1) is 0 Å². The minimum absolute atomic E-state index is 0.284. The van der Waals surface area contributed by atoms with Crippen LogP contribution in [0.3, 0.4) is 0 Å². The highest BCUT2D eigenvalue weighted by Gasteiger charge is 2.49. The lowest BCUT2D eigenvalue weighted by molar-refractivity contribution is -0.0500. The van der Waals surface area contributed by atoms with E-state index in [0.29, 0.717) is 21.2 Å². The number of hydrogen-bond donors (Lipinski definition) is 0. The minimum Gasteiger partial charge on any atom is -0.375 e. The largest absolute Gasteiger partial charge is 0.534 e. The van der Waals surface area contributed by atoms with Crippen molar-refractivity contribution in [1.29, 1.82) is 0 Å². The molecule has 0 saturated heterocycles. The predicted octanol–water partition coefficient (Wildman–Crippen LogP) is 3.60. The fourth-order valence-electron chi connectivity index (χ4n) is 1.29. The van der Waals surface area contributed by atoms with Crippen LogP contribution in [-0.4, -0.2) is 13.9 Å². The van der Waals surface area contributed by atoms with Gasteiger partial charge in [-0.2, -0.15) is 21.6 Å². The Labute approximate surface area is 111 Å². The summed E-state index contributed by atoms with van der Waals surface area (Å²) in [4.78, 5) is 0. The van der Waals surface area contributed by atoms with Crippen molar-refractivity contribution in [2.45, 2.75) is 26.3 Å². The molecule has 0 heterocycles. The molecule has 0 spiro atoms. The van der Waals surface area contributed by atoms with Crippen molar-refractivity contribution in [2.75, 3.05) is 0 Å². The molecule has 0 saturated carbocycles. The molecular formula is C10H10BrF3O3S. The second-order valence-corrected chi connectivity index (χ2v) is 6.13. The second-order valence-electron chi connectivity index (χ2n) is 3.74. The average molecular weight is 347 g/mol. The SMILES string of the molecule is Cc1cc(Br)c(C)c(C)c1OS(=O)(=O)C(F)(F)F. The molecular weight excluding hydrogens is 337 g/mol. The highest BCUT2D eigenvalue weighted by atomic mass is 79.9. The number of alkyl halides is 3. The molecule has 0 bridgehead atoms. The van der Waals surface area contributed by atoms with Gasteiger partial charge in [-0.15, -0.1) is 0 Å². The molecule has 0 aliphatic carbocycles. The predicted molar refractivity (Wildman–Crippen MR) is 64.0 cm³/mol. The van der Waals surface area contributed by atoms with Gasteiger partial charge in [0, 0.05) is 4.47 Å². The Balaban J connectivity index is 3.35. The van der Waals surface area contributed by atoms with Gasteiger partial charge in [-0.05, 0) is 43.5 Å². The van der Waals surface area contributed by atoms with Gasteiger partial charge in [-0.3, -0.25) is 0 Å². The number of rotatable bonds is 2. The molecule has 18 heavy (non-hydrogen) atoms. The molecule has 3 nitrogen and oxygen atoms in total. The summed E-state index contributed by atoms with van der Waals surface area (Å²) in [5.74, 6) is -0.284. The molecule has 0 N–H and O–H groups in total. The van der Waals surface area contributed by atoms with Crippen LogP contribution < -0.4 is 4.18 Å². The number of hydrogen-bond acceptors (Lipinski definition) is 3. The summed E-state index contributed by atoms with van der Waals surface area (Å²) in [5, 5.41) is 0. The highest BCUT2D eigenvalue weighted by Crippen LogP contribution is 2.35. The summed E-state index contributed by atoms with van der Waals surface area (Å²) in [6, 6.07) is 1.50. The molecule has 1 rings (SSSR count). The van der Waals surface area contributed by atoms with Gasteiger partial charge in [-0.1, -0.05) is 15.9 Å². The van der Waals surface area contributed by atoms with E-state index in [1.807, 2.05) is 0 Å². The van der Waals surface area contributed by atoms with Gasteiger partial charge < -0.3 is 4.18 Å². The molecule has 0 fully saturated rings. The Morgan fingerprint density at radius 2 is 1.67 bits per heavy atom. The first-order valence-corrected chi connectivity index (χ1v) is 6.94. The lowest BCUT2D eigenvalue weighted by Crippen LogP contribution is -2.28. The van der Waals surface area contributed by atoms with Gasteiger partial charge in [0.15, 0.2) is 0 Å². The smallest absolute Gasteiger partial charge is 0.375 e. The summed E-state index contributed by atoms with van der Waals surface area (Å²) in [5.41, 5.74) is -4.17. The summed E-state index contributed by atoms with van der Waals surface area (Å²) in [6.45, 7) is 4.61. The van der Waals surface area contributed by atoms with Crippen molar-refractivity contribution in [1.82, 2.24) is 0 Å². The molecule has 1 aromatic rings. The first kappa shape index (κ1) is 15.3. The van der Waals surface area contributed by atoms with E-state index in [0.717, 1.165) is 0 Å². The van der Waals surface area contributed by atoms with Crippen molar-refractivity contribution >= 4 is 26.0 Å². The summed E-state index contributed by atoms with van der Waals surface area (Å²) in [6.07, 6.45) is 0. The minimum atomic E-state index is -5.64. The fraction of sp³-hybridized carbons (Fsp3) is 0.400. The molecule has 0 aliphatic heterocycles. The third-order valence-electron chi connectivity index (χ3n) is 2.44. The molecule has 0 amide bonds. The van der Waals surface area contributed by atoms with Crippen molar-refractivity contribution in [3.05, 3.63) is 27.2 Å². The quantitative estimate of drug-likeness (QED) is 0.607. The van der Waals surface area contributed by atoms with Gasteiger partial charge in [0.2, 0.25) is 0 Å². The van der Waals surface area contributed by atoms with Gasteiger partial charge in [0.1, 0.15) is 5.75 Å². The van der Waals surface area contributed by atoms with Crippen molar-refractivity contribution in [3.8, 4) is 5.75 Å². The van der Waals surface area contributed by atoms with Crippen LogP contribution in [0.25, 0.3) is 0 Å². The van der Waals surface area contributed by atoms with E-state index >= 15 is 0 Å². The van der Waals surface area contributed by atoms with Crippen molar-refractivity contribution in [2.24, 2.45) is 0 Å². The summed E-state index contributed by atoms with van der Waals surface area (Å²) in [7, 11) is -5.64. The van der Waals surface area contributed by atoms with E-state index in [2.05, 4.69) is 20.1 Å². The summed E-state index contributed by atoms with van der Waals surface area (Å²) >= 11 is 3.22. The average Bonchev–Trinajstić information content (AvgIpc) is 2.20. The van der Waals surface area contributed by atoms with Crippen LogP contribution in [0.15, 0.2) is 10.5 Å². The first-order chi connectivity index (χ1) is 7.97. The molecule has 0 aromatic heterocycles. The van der Waals surface area contributed by atoms with E-state index in [9.17, 15) is 21.6 Å². The lowest BCUT2D eigenvalue weighted by Gasteiger charge is -2.15. The van der Waals surface area contributed by atoms with Crippen LogP contribution in [0.4, 0.5) is 13.2 Å². The molecule has 0 radical (unpaired) electrons. The van der Waals surface area contributed by atoms with Crippen LogP contribution in [0.2, 0.25) is 0 Å². The zero-order valence-corrected chi connectivity index (χ0v) is 12.1. The zero-order chi connectivity index (χ0) is 14.3. The second kappa shape index (κ2) is 4.73. The Bertz CT molecular complexity index is 579. The van der Waals surface area contributed by atoms with E-state index < -0.39 is 15.6 Å². The Hall–Kier alpha value is -0.760. The van der Waals surface area contributed by atoms with Crippen LogP contribution in [-0.2, 0) is 10.1 Å². The van der Waals surface area contributed by atoms with Gasteiger partial charge >= 0.3 is 15.6 Å². The van der Waals surface area contributed by atoms with Crippen LogP contribution in [0, 0.1) is 20.8 Å². The van der Waals surface area contributed by atoms with Crippen LogP contribution >= 0.6 is 15.9 Å². The molecule has 8 heteroatoms. The van der Waals surface area contributed by atoms with E-state index in [-0.39, 0.29) is 5.75 Å². The van der Waals surface area contributed by atoms with Gasteiger partial charge in [-0.25, -0.2) is 0 Å².